The number of amidine groups is 1. The van der Waals surface area contributed by atoms with Crippen LogP contribution in [0.15, 0.2) is 95.0 Å². The zero-order valence-electron chi connectivity index (χ0n) is 18.3. The predicted molar refractivity (Wildman–Crippen MR) is 137 cm³/mol. The molecule has 33 heavy (non-hydrogen) atoms. The van der Waals surface area contributed by atoms with Gasteiger partial charge < -0.3 is 0 Å². The largest absolute Gasteiger partial charge is 0.277 e. The summed E-state index contributed by atoms with van der Waals surface area (Å²) < 4.78 is 0. The van der Waals surface area contributed by atoms with E-state index in [-0.39, 0.29) is 5.91 Å². The van der Waals surface area contributed by atoms with Crippen LogP contribution in [0.5, 0.6) is 0 Å². The summed E-state index contributed by atoms with van der Waals surface area (Å²) >= 11 is 1.38. The normalized spacial score (nSPS) is 16.2. The lowest BCUT2D eigenvalue weighted by Gasteiger charge is -2.16. The van der Waals surface area contributed by atoms with Crippen LogP contribution >= 0.6 is 11.8 Å². The zero-order valence-corrected chi connectivity index (χ0v) is 19.1. The standard InChI is InChI=1S/C27H22N4OS/c1-18-10-9-11-19(2)24(18)29-27-31(22-14-7-4-8-15-22)26(32)23(33-27)16-21-17-28-30-25(21)20-12-5-3-6-13-20/h3-17H,1-2H3,(H,28,30). The van der Waals surface area contributed by atoms with E-state index in [4.69, 9.17) is 4.99 Å². The number of thioether (sulfide) groups is 1. The maximum Gasteiger partial charge on any atom is 0.271 e. The Morgan fingerprint density at radius 1 is 0.909 bits per heavy atom. The van der Waals surface area contributed by atoms with E-state index >= 15 is 0 Å². The Morgan fingerprint density at radius 3 is 2.27 bits per heavy atom. The minimum atomic E-state index is -0.101. The molecule has 1 aliphatic heterocycles. The van der Waals surface area contributed by atoms with Crippen LogP contribution in [-0.4, -0.2) is 21.3 Å². The third-order valence-electron chi connectivity index (χ3n) is 5.49. The van der Waals surface area contributed by atoms with Gasteiger partial charge in [-0.05, 0) is 54.9 Å². The van der Waals surface area contributed by atoms with Gasteiger partial charge in [0.1, 0.15) is 0 Å². The van der Waals surface area contributed by atoms with Crippen LogP contribution in [0.2, 0.25) is 0 Å². The third-order valence-corrected chi connectivity index (χ3v) is 6.45. The average Bonchev–Trinajstić information content (AvgIpc) is 3.42. The Hall–Kier alpha value is -3.90. The summed E-state index contributed by atoms with van der Waals surface area (Å²) in [6.07, 6.45) is 3.64. The summed E-state index contributed by atoms with van der Waals surface area (Å²) in [6, 6.07) is 25.7. The van der Waals surface area contributed by atoms with Crippen molar-refractivity contribution in [2.24, 2.45) is 4.99 Å². The number of rotatable bonds is 4. The second-order valence-electron chi connectivity index (χ2n) is 7.79. The highest BCUT2D eigenvalue weighted by atomic mass is 32.2. The van der Waals surface area contributed by atoms with E-state index in [1.54, 1.807) is 11.1 Å². The van der Waals surface area contributed by atoms with Gasteiger partial charge in [-0.1, -0.05) is 66.7 Å². The minimum Gasteiger partial charge on any atom is -0.277 e. The number of nitrogens with one attached hydrogen (secondary N) is 1. The van der Waals surface area contributed by atoms with Gasteiger partial charge in [0.05, 0.1) is 28.2 Å². The second kappa shape index (κ2) is 8.92. The van der Waals surface area contributed by atoms with E-state index < -0.39 is 0 Å². The van der Waals surface area contributed by atoms with Crippen molar-refractivity contribution in [1.82, 2.24) is 10.2 Å². The molecule has 1 saturated heterocycles. The van der Waals surface area contributed by atoms with Gasteiger partial charge >= 0.3 is 0 Å². The Bertz CT molecular complexity index is 1350. The lowest BCUT2D eigenvalue weighted by atomic mass is 10.1. The van der Waals surface area contributed by atoms with Gasteiger partial charge in [0.2, 0.25) is 0 Å². The number of hydrogen-bond acceptors (Lipinski definition) is 4. The molecule has 5 rings (SSSR count). The van der Waals surface area contributed by atoms with Crippen LogP contribution in [-0.2, 0) is 4.79 Å². The zero-order chi connectivity index (χ0) is 22.8. The van der Waals surface area contributed by atoms with Gasteiger partial charge in [-0.15, -0.1) is 0 Å². The van der Waals surface area contributed by atoms with Crippen molar-refractivity contribution >= 4 is 40.3 Å². The highest BCUT2D eigenvalue weighted by molar-refractivity contribution is 8.19. The lowest BCUT2D eigenvalue weighted by molar-refractivity contribution is -0.113. The summed E-state index contributed by atoms with van der Waals surface area (Å²) in [4.78, 5) is 20.8. The molecule has 5 nitrogen and oxygen atoms in total. The molecule has 3 aromatic carbocycles. The van der Waals surface area contributed by atoms with Crippen LogP contribution in [0.4, 0.5) is 11.4 Å². The molecule has 4 aromatic rings. The summed E-state index contributed by atoms with van der Waals surface area (Å²) in [7, 11) is 0. The molecule has 6 heteroatoms. The van der Waals surface area contributed by atoms with Crippen molar-refractivity contribution in [3.8, 4) is 11.3 Å². The predicted octanol–water partition coefficient (Wildman–Crippen LogP) is 6.50. The van der Waals surface area contributed by atoms with Gasteiger partial charge in [-0.25, -0.2) is 4.99 Å². The van der Waals surface area contributed by atoms with Crippen LogP contribution in [0.1, 0.15) is 16.7 Å². The molecule has 0 aliphatic carbocycles. The Labute approximate surface area is 196 Å². The molecule has 1 fully saturated rings. The number of carbonyl (C=O) groups excluding carboxylic acids is 1. The first kappa shape index (κ1) is 21.0. The first-order valence-electron chi connectivity index (χ1n) is 10.6. The third kappa shape index (κ3) is 4.13. The van der Waals surface area contributed by atoms with Crippen LogP contribution < -0.4 is 4.90 Å². The van der Waals surface area contributed by atoms with Crippen LogP contribution in [0.25, 0.3) is 17.3 Å². The summed E-state index contributed by atoms with van der Waals surface area (Å²) in [5, 5.41) is 7.92. The number of benzene rings is 3. The molecule has 1 aliphatic rings. The average molecular weight is 451 g/mol. The fraction of sp³-hybridized carbons (Fsp3) is 0.0741. The molecule has 0 spiro atoms. The summed E-state index contributed by atoms with van der Waals surface area (Å²) in [6.45, 7) is 4.07. The Kier molecular flexibility index (Phi) is 5.67. The maximum atomic E-state index is 13.6. The number of para-hydroxylation sites is 2. The van der Waals surface area contributed by atoms with Gasteiger partial charge in [0, 0.05) is 11.1 Å². The van der Waals surface area contributed by atoms with E-state index in [1.807, 2.05) is 98.8 Å². The molecule has 1 aromatic heterocycles. The van der Waals surface area contributed by atoms with E-state index in [1.165, 1.54) is 11.8 Å². The van der Waals surface area contributed by atoms with E-state index in [9.17, 15) is 4.79 Å². The Balaban J connectivity index is 1.60. The minimum absolute atomic E-state index is 0.101. The number of aryl methyl sites for hydroxylation is 2. The fourth-order valence-electron chi connectivity index (χ4n) is 3.81. The number of carbonyl (C=O) groups is 1. The SMILES string of the molecule is Cc1cccc(C)c1N=C1SC(=Cc2cn[nH]c2-c2ccccc2)C(=O)N1c1ccccc1. The maximum absolute atomic E-state index is 13.6. The topological polar surface area (TPSA) is 61.4 Å². The highest BCUT2D eigenvalue weighted by Gasteiger charge is 2.35. The molecule has 0 bridgehead atoms. The molecule has 2 heterocycles. The monoisotopic (exact) mass is 450 g/mol. The molecule has 0 atom stereocenters. The van der Waals surface area contributed by atoms with E-state index in [0.29, 0.717) is 10.1 Å². The van der Waals surface area contributed by atoms with Gasteiger partial charge in [0.25, 0.3) is 5.91 Å². The Morgan fingerprint density at radius 2 is 1.58 bits per heavy atom. The van der Waals surface area contributed by atoms with Crippen molar-refractivity contribution < 1.29 is 4.79 Å². The number of anilines is 1. The first-order valence-corrected chi connectivity index (χ1v) is 11.5. The molecular formula is C27H22N4OS. The lowest BCUT2D eigenvalue weighted by Crippen LogP contribution is -2.28. The number of aromatic amines is 1. The van der Waals surface area contributed by atoms with E-state index in [0.717, 1.165) is 39.3 Å². The van der Waals surface area contributed by atoms with Gasteiger partial charge in [0.15, 0.2) is 5.17 Å². The quantitative estimate of drug-likeness (QED) is 0.361. The van der Waals surface area contributed by atoms with E-state index in [2.05, 4.69) is 10.2 Å². The van der Waals surface area contributed by atoms with Gasteiger partial charge in [-0.2, -0.15) is 5.10 Å². The number of nitrogens with zero attached hydrogens (tertiary/aromatic N) is 3. The van der Waals surface area contributed by atoms with Crippen molar-refractivity contribution in [3.63, 3.8) is 0 Å². The van der Waals surface area contributed by atoms with Crippen LogP contribution in [0.3, 0.4) is 0 Å². The molecule has 0 radical (unpaired) electrons. The molecule has 1 N–H and O–H groups in total. The van der Waals surface area contributed by atoms with Crippen molar-refractivity contribution in [3.05, 3.63) is 107 Å². The number of H-pyrrole nitrogens is 1. The molecule has 0 unspecified atom stereocenters. The molecule has 0 saturated carbocycles. The molecule has 162 valence electrons. The number of aromatic nitrogens is 2. The van der Waals surface area contributed by atoms with Crippen molar-refractivity contribution in [2.75, 3.05) is 4.90 Å². The summed E-state index contributed by atoms with van der Waals surface area (Å²) in [5.41, 5.74) is 6.58. The smallest absolute Gasteiger partial charge is 0.271 e. The van der Waals surface area contributed by atoms with Crippen molar-refractivity contribution in [1.29, 1.82) is 0 Å². The number of aliphatic imine (C=N–C) groups is 1. The summed E-state index contributed by atoms with van der Waals surface area (Å²) in [5.74, 6) is -0.101. The second-order valence-corrected chi connectivity index (χ2v) is 8.80. The highest BCUT2D eigenvalue weighted by Crippen LogP contribution is 2.39. The fourth-order valence-corrected chi connectivity index (χ4v) is 4.79. The van der Waals surface area contributed by atoms with Gasteiger partial charge in [-0.3, -0.25) is 14.8 Å². The van der Waals surface area contributed by atoms with Crippen molar-refractivity contribution in [2.45, 2.75) is 13.8 Å². The first-order chi connectivity index (χ1) is 16.1. The number of hydrogen-bond donors (Lipinski definition) is 1. The van der Waals surface area contributed by atoms with Crippen LogP contribution in [0, 0.1) is 13.8 Å². The number of amides is 1. The molecular weight excluding hydrogens is 428 g/mol. The molecule has 1 amide bonds.